The van der Waals surface area contributed by atoms with Crippen molar-refractivity contribution in [2.24, 2.45) is 11.8 Å². The summed E-state index contributed by atoms with van der Waals surface area (Å²) in [5, 5.41) is 4.40. The Kier molecular flexibility index (Phi) is 5.36. The third-order valence-electron chi connectivity index (χ3n) is 5.84. The Bertz CT molecular complexity index is 1100. The fourth-order valence-electron chi connectivity index (χ4n) is 4.31. The first-order valence-corrected chi connectivity index (χ1v) is 10.6. The fourth-order valence-corrected chi connectivity index (χ4v) is 4.31. The van der Waals surface area contributed by atoms with Gasteiger partial charge in [0.25, 0.3) is 0 Å². The van der Waals surface area contributed by atoms with E-state index in [-0.39, 0.29) is 24.3 Å². The zero-order valence-corrected chi connectivity index (χ0v) is 17.5. The molecule has 2 atom stereocenters. The molecule has 0 aliphatic carbocycles. The van der Waals surface area contributed by atoms with Gasteiger partial charge in [-0.05, 0) is 24.5 Å². The molecule has 3 aromatic rings. The number of pyridine rings is 1. The zero-order chi connectivity index (χ0) is 22.3. The maximum absolute atomic E-state index is 13.2. The maximum Gasteiger partial charge on any atom is 0.437 e. The Labute approximate surface area is 182 Å². The summed E-state index contributed by atoms with van der Waals surface area (Å²) in [4.78, 5) is 14.9. The van der Waals surface area contributed by atoms with Crippen LogP contribution < -0.4 is 9.64 Å². The smallest absolute Gasteiger partial charge is 0.437 e. The molecule has 0 saturated carbocycles. The standard InChI is InChI=1S/C21H23F3N6O2/c1-13-5-14(10-32-17-3-2-4-25-19(17)21(22,23)24)9-29(8-13)18-7-26-16-6-27-30(20(16)28-18)15-11-31-12-15/h2-4,6-7,13-15H,5,8-12H2,1H3/t13-,14+/m0/s1. The van der Waals surface area contributed by atoms with Crippen LogP contribution in [0.5, 0.6) is 5.75 Å². The highest BCUT2D eigenvalue weighted by molar-refractivity contribution is 5.71. The number of rotatable bonds is 5. The number of hydrogen-bond acceptors (Lipinski definition) is 7. The quantitative estimate of drug-likeness (QED) is 0.592. The van der Waals surface area contributed by atoms with Gasteiger partial charge < -0.3 is 14.4 Å². The van der Waals surface area contributed by atoms with Crippen molar-refractivity contribution in [3.8, 4) is 5.75 Å². The molecule has 0 aromatic carbocycles. The minimum atomic E-state index is -4.55. The molecule has 2 aliphatic heterocycles. The minimum Gasteiger partial charge on any atom is -0.491 e. The number of aromatic nitrogens is 5. The van der Waals surface area contributed by atoms with Crippen LogP contribution in [0.1, 0.15) is 25.1 Å². The summed E-state index contributed by atoms with van der Waals surface area (Å²) < 4.78 is 52.3. The first-order chi connectivity index (χ1) is 15.4. The lowest BCUT2D eigenvalue weighted by Crippen LogP contribution is -2.42. The molecule has 2 aliphatic rings. The predicted octanol–water partition coefficient (Wildman–Crippen LogP) is 3.35. The molecule has 5 heterocycles. The summed E-state index contributed by atoms with van der Waals surface area (Å²) in [5.41, 5.74) is 0.444. The Morgan fingerprint density at radius 3 is 2.78 bits per heavy atom. The molecule has 0 amide bonds. The number of nitrogens with zero attached hydrogens (tertiary/aromatic N) is 6. The first-order valence-electron chi connectivity index (χ1n) is 10.6. The van der Waals surface area contributed by atoms with Crippen LogP contribution in [0.4, 0.5) is 19.0 Å². The van der Waals surface area contributed by atoms with Crippen LogP contribution in [0.3, 0.4) is 0 Å². The Morgan fingerprint density at radius 2 is 2.03 bits per heavy atom. The van der Waals surface area contributed by atoms with Gasteiger partial charge in [-0.25, -0.2) is 19.6 Å². The van der Waals surface area contributed by atoms with E-state index in [1.165, 1.54) is 12.1 Å². The number of ether oxygens (including phenoxy) is 2. The first kappa shape index (κ1) is 20.9. The molecule has 2 saturated heterocycles. The van der Waals surface area contributed by atoms with Gasteiger partial charge in [-0.2, -0.15) is 18.3 Å². The summed E-state index contributed by atoms with van der Waals surface area (Å²) in [7, 11) is 0. The molecule has 0 radical (unpaired) electrons. The number of fused-ring (bicyclic) bond motifs is 1. The average Bonchev–Trinajstić information content (AvgIpc) is 3.13. The second-order valence-corrected chi connectivity index (χ2v) is 8.49. The van der Waals surface area contributed by atoms with E-state index in [0.29, 0.717) is 31.3 Å². The zero-order valence-electron chi connectivity index (χ0n) is 17.5. The van der Waals surface area contributed by atoms with Gasteiger partial charge in [-0.3, -0.25) is 0 Å². The predicted molar refractivity (Wildman–Crippen MR) is 109 cm³/mol. The summed E-state index contributed by atoms with van der Waals surface area (Å²) in [6.07, 6.45) is 0.846. The van der Waals surface area contributed by atoms with E-state index in [9.17, 15) is 13.2 Å². The van der Waals surface area contributed by atoms with Crippen LogP contribution in [0.2, 0.25) is 0 Å². The van der Waals surface area contributed by atoms with Gasteiger partial charge in [0, 0.05) is 25.2 Å². The van der Waals surface area contributed by atoms with Crippen LogP contribution in [0.25, 0.3) is 11.2 Å². The highest BCUT2D eigenvalue weighted by atomic mass is 19.4. The highest BCUT2D eigenvalue weighted by Gasteiger charge is 2.36. The number of halogens is 3. The number of piperidine rings is 1. The highest BCUT2D eigenvalue weighted by Crippen LogP contribution is 2.35. The summed E-state index contributed by atoms with van der Waals surface area (Å²) in [6, 6.07) is 2.92. The van der Waals surface area contributed by atoms with Gasteiger partial charge in [-0.1, -0.05) is 6.92 Å². The molecule has 2 fully saturated rings. The fraction of sp³-hybridized carbons (Fsp3) is 0.524. The van der Waals surface area contributed by atoms with Crippen molar-refractivity contribution < 1.29 is 22.6 Å². The van der Waals surface area contributed by atoms with E-state index in [1.807, 2.05) is 4.68 Å². The molecule has 0 N–H and O–H groups in total. The van der Waals surface area contributed by atoms with E-state index in [2.05, 4.69) is 26.9 Å². The van der Waals surface area contributed by atoms with Crippen molar-refractivity contribution in [2.45, 2.75) is 25.6 Å². The van der Waals surface area contributed by atoms with Crippen molar-refractivity contribution in [3.63, 3.8) is 0 Å². The minimum absolute atomic E-state index is 0.0440. The normalized spacial score (nSPS) is 22.2. The number of anilines is 1. The lowest BCUT2D eigenvalue weighted by molar-refractivity contribution is -0.142. The van der Waals surface area contributed by atoms with Crippen molar-refractivity contribution in [1.82, 2.24) is 24.7 Å². The van der Waals surface area contributed by atoms with Crippen LogP contribution >= 0.6 is 0 Å². The largest absolute Gasteiger partial charge is 0.491 e. The van der Waals surface area contributed by atoms with Gasteiger partial charge in [0.05, 0.1) is 32.2 Å². The summed E-state index contributed by atoms with van der Waals surface area (Å²) >= 11 is 0. The maximum atomic E-state index is 13.2. The van der Waals surface area contributed by atoms with Gasteiger partial charge in [0.2, 0.25) is 0 Å². The monoisotopic (exact) mass is 448 g/mol. The molecule has 0 spiro atoms. The lowest BCUT2D eigenvalue weighted by atomic mass is 9.91. The van der Waals surface area contributed by atoms with Crippen molar-refractivity contribution in [2.75, 3.05) is 37.8 Å². The van der Waals surface area contributed by atoms with Crippen molar-refractivity contribution in [3.05, 3.63) is 36.4 Å². The average molecular weight is 448 g/mol. The summed E-state index contributed by atoms with van der Waals surface area (Å²) in [6.45, 7) is 4.91. The Hall–Kier alpha value is -2.95. The molecule has 0 unspecified atom stereocenters. The van der Waals surface area contributed by atoms with Crippen molar-refractivity contribution >= 4 is 17.0 Å². The van der Waals surface area contributed by atoms with Gasteiger partial charge in [0.15, 0.2) is 11.3 Å². The number of alkyl halides is 3. The van der Waals surface area contributed by atoms with Gasteiger partial charge >= 0.3 is 6.18 Å². The van der Waals surface area contributed by atoms with E-state index in [1.54, 1.807) is 12.4 Å². The Morgan fingerprint density at radius 1 is 1.19 bits per heavy atom. The molecule has 11 heteroatoms. The van der Waals surface area contributed by atoms with Gasteiger partial charge in [-0.15, -0.1) is 0 Å². The molecular formula is C21H23F3N6O2. The molecule has 8 nitrogen and oxygen atoms in total. The third kappa shape index (κ3) is 4.08. The molecule has 0 bridgehead atoms. The SMILES string of the molecule is C[C@H]1C[C@@H](COc2cccnc2C(F)(F)F)CN(c2cnc3cnn(C4COC4)c3n2)C1. The van der Waals surface area contributed by atoms with Crippen LogP contribution in [0.15, 0.2) is 30.7 Å². The molecular weight excluding hydrogens is 425 g/mol. The van der Waals surface area contributed by atoms with E-state index >= 15 is 0 Å². The number of hydrogen-bond donors (Lipinski definition) is 0. The third-order valence-corrected chi connectivity index (χ3v) is 5.84. The van der Waals surface area contributed by atoms with E-state index < -0.39 is 11.9 Å². The van der Waals surface area contributed by atoms with Crippen LogP contribution in [0, 0.1) is 11.8 Å². The van der Waals surface area contributed by atoms with Gasteiger partial charge in [0.1, 0.15) is 23.1 Å². The summed E-state index contributed by atoms with van der Waals surface area (Å²) in [5.74, 6) is 0.865. The van der Waals surface area contributed by atoms with Crippen LogP contribution in [-0.4, -0.2) is 57.6 Å². The molecule has 170 valence electrons. The van der Waals surface area contributed by atoms with E-state index in [4.69, 9.17) is 14.5 Å². The molecule has 3 aromatic heterocycles. The van der Waals surface area contributed by atoms with E-state index in [0.717, 1.165) is 30.5 Å². The lowest BCUT2D eigenvalue weighted by Gasteiger charge is -2.37. The van der Waals surface area contributed by atoms with Crippen molar-refractivity contribution in [1.29, 1.82) is 0 Å². The Balaban J connectivity index is 1.32. The molecule has 32 heavy (non-hydrogen) atoms. The molecule has 5 rings (SSSR count). The van der Waals surface area contributed by atoms with Crippen LogP contribution in [-0.2, 0) is 10.9 Å². The second kappa shape index (κ2) is 8.19. The second-order valence-electron chi connectivity index (χ2n) is 8.49. The topological polar surface area (TPSA) is 78.2 Å².